The van der Waals surface area contributed by atoms with Gasteiger partial charge in [0.05, 0.1) is 5.41 Å². The first-order chi connectivity index (χ1) is 10.8. The number of fused-ring (bicyclic) bond motifs is 2. The molecule has 6 saturated carbocycles. The lowest BCUT2D eigenvalue weighted by molar-refractivity contribution is -0.184. The first kappa shape index (κ1) is 14.8. The number of hydrogen-bond acceptors (Lipinski definition) is 2. The lowest BCUT2D eigenvalue weighted by Crippen LogP contribution is -2.52. The molecule has 0 N–H and O–H groups in total. The van der Waals surface area contributed by atoms with Gasteiger partial charge in [-0.2, -0.15) is 0 Å². The topological polar surface area (TPSA) is 26.3 Å². The zero-order chi connectivity index (χ0) is 16.0. The van der Waals surface area contributed by atoms with E-state index < -0.39 is 0 Å². The molecular weight excluding hydrogens is 284 g/mol. The lowest BCUT2D eigenvalue weighted by atomic mass is 9.49. The van der Waals surface area contributed by atoms with Crippen LogP contribution in [0.2, 0.25) is 0 Å². The summed E-state index contributed by atoms with van der Waals surface area (Å²) in [5.74, 6) is 3.41. The van der Waals surface area contributed by atoms with Crippen LogP contribution < -0.4 is 0 Å². The molecular formula is C21H32O2. The zero-order valence-electron chi connectivity index (χ0n) is 15.1. The van der Waals surface area contributed by atoms with Gasteiger partial charge in [-0.1, -0.05) is 20.8 Å². The van der Waals surface area contributed by atoms with Crippen molar-refractivity contribution in [1.29, 1.82) is 0 Å². The minimum Gasteiger partial charge on any atom is -0.461 e. The van der Waals surface area contributed by atoms with Crippen molar-refractivity contribution in [2.24, 2.45) is 39.9 Å². The Morgan fingerprint density at radius 3 is 1.91 bits per heavy atom. The predicted molar refractivity (Wildman–Crippen MR) is 89.7 cm³/mol. The van der Waals surface area contributed by atoms with E-state index in [1.165, 1.54) is 32.1 Å². The Kier molecular flexibility index (Phi) is 2.80. The first-order valence-corrected chi connectivity index (χ1v) is 10.0. The van der Waals surface area contributed by atoms with Crippen LogP contribution in [-0.2, 0) is 9.53 Å². The summed E-state index contributed by atoms with van der Waals surface area (Å²) in [4.78, 5) is 13.3. The standard InChI is InChI=1S/C21H32O2/c1-19(2)16-4-5-20(19,3)17(9-16)23-18(22)21-10-13-6-14(11-21)8-15(7-13)12-21/h13-17H,4-12H2,1-3H3. The van der Waals surface area contributed by atoms with Gasteiger partial charge in [0, 0.05) is 5.41 Å². The van der Waals surface area contributed by atoms with Crippen molar-refractivity contribution < 1.29 is 9.53 Å². The quantitative estimate of drug-likeness (QED) is 0.673. The maximum Gasteiger partial charge on any atom is 0.312 e. The Labute approximate surface area is 140 Å². The van der Waals surface area contributed by atoms with Gasteiger partial charge in [-0.3, -0.25) is 4.79 Å². The van der Waals surface area contributed by atoms with Crippen LogP contribution in [0.1, 0.15) is 78.6 Å². The molecule has 0 saturated heterocycles. The van der Waals surface area contributed by atoms with Gasteiger partial charge in [0.2, 0.25) is 0 Å². The summed E-state index contributed by atoms with van der Waals surface area (Å²) in [6.07, 6.45) is 11.4. The van der Waals surface area contributed by atoms with E-state index in [1.807, 2.05) is 0 Å². The third-order valence-electron chi connectivity index (χ3n) is 9.43. The normalized spacial score (nSPS) is 55.3. The van der Waals surface area contributed by atoms with Gasteiger partial charge >= 0.3 is 5.97 Å². The Morgan fingerprint density at radius 2 is 1.48 bits per heavy atom. The summed E-state index contributed by atoms with van der Waals surface area (Å²) in [5, 5.41) is 0. The Bertz CT molecular complexity index is 513. The van der Waals surface area contributed by atoms with E-state index in [-0.39, 0.29) is 22.9 Å². The number of esters is 1. The maximum absolute atomic E-state index is 13.3. The Morgan fingerprint density at radius 1 is 0.913 bits per heavy atom. The van der Waals surface area contributed by atoms with Crippen molar-refractivity contribution in [3.8, 4) is 0 Å². The highest BCUT2D eigenvalue weighted by molar-refractivity contribution is 5.78. The molecule has 0 aromatic carbocycles. The highest BCUT2D eigenvalue weighted by atomic mass is 16.5. The molecule has 2 nitrogen and oxygen atoms in total. The second-order valence-electron chi connectivity index (χ2n) is 10.7. The predicted octanol–water partition coefficient (Wildman–Crippen LogP) is 4.96. The molecule has 0 aromatic heterocycles. The fourth-order valence-corrected chi connectivity index (χ4v) is 7.92. The van der Waals surface area contributed by atoms with Crippen molar-refractivity contribution >= 4 is 5.97 Å². The molecule has 23 heavy (non-hydrogen) atoms. The maximum atomic E-state index is 13.3. The largest absolute Gasteiger partial charge is 0.461 e. The highest BCUT2D eigenvalue weighted by Gasteiger charge is 2.64. The van der Waals surface area contributed by atoms with E-state index in [0.29, 0.717) is 5.41 Å². The summed E-state index contributed by atoms with van der Waals surface area (Å²) in [6.45, 7) is 7.20. The van der Waals surface area contributed by atoms with Crippen LogP contribution in [0, 0.1) is 39.9 Å². The minimum atomic E-state index is -0.0862. The molecule has 0 aromatic rings. The van der Waals surface area contributed by atoms with Crippen LogP contribution in [-0.4, -0.2) is 12.1 Å². The third kappa shape index (κ3) is 1.79. The van der Waals surface area contributed by atoms with Crippen LogP contribution in [0.15, 0.2) is 0 Å². The Hall–Kier alpha value is -0.530. The fraction of sp³-hybridized carbons (Fsp3) is 0.952. The molecule has 3 unspecified atom stereocenters. The van der Waals surface area contributed by atoms with Crippen LogP contribution in [0.4, 0.5) is 0 Å². The molecule has 0 heterocycles. The average Bonchev–Trinajstić information content (AvgIpc) is 2.79. The molecule has 0 radical (unpaired) electrons. The van der Waals surface area contributed by atoms with Gasteiger partial charge in [-0.25, -0.2) is 0 Å². The molecule has 6 aliphatic carbocycles. The van der Waals surface area contributed by atoms with E-state index in [0.717, 1.165) is 49.4 Å². The zero-order valence-corrected chi connectivity index (χ0v) is 15.1. The molecule has 6 bridgehead atoms. The molecule has 6 fully saturated rings. The number of carbonyl (C=O) groups excluding carboxylic acids is 1. The highest BCUT2D eigenvalue weighted by Crippen LogP contribution is 2.67. The average molecular weight is 316 g/mol. The summed E-state index contributed by atoms with van der Waals surface area (Å²) in [5.41, 5.74) is 0.451. The number of hydrogen-bond donors (Lipinski definition) is 0. The van der Waals surface area contributed by atoms with E-state index in [4.69, 9.17) is 4.74 Å². The summed E-state index contributed by atoms with van der Waals surface area (Å²) in [7, 11) is 0. The SMILES string of the molecule is CC1(C)C2CCC1(C)C(OC(=O)C13CC4CC(CC(C4)C1)C3)C2. The van der Waals surface area contributed by atoms with Crippen molar-refractivity contribution in [3.05, 3.63) is 0 Å². The minimum absolute atomic E-state index is 0.0862. The summed E-state index contributed by atoms with van der Waals surface area (Å²) >= 11 is 0. The van der Waals surface area contributed by atoms with Gasteiger partial charge < -0.3 is 4.74 Å². The van der Waals surface area contributed by atoms with Crippen LogP contribution in [0.5, 0.6) is 0 Å². The number of rotatable bonds is 2. The van der Waals surface area contributed by atoms with E-state index in [9.17, 15) is 4.79 Å². The van der Waals surface area contributed by atoms with Crippen molar-refractivity contribution in [2.45, 2.75) is 84.7 Å². The van der Waals surface area contributed by atoms with Crippen LogP contribution >= 0.6 is 0 Å². The molecule has 0 spiro atoms. The Balaban J connectivity index is 1.37. The van der Waals surface area contributed by atoms with Gasteiger partial charge in [-0.15, -0.1) is 0 Å². The second-order valence-corrected chi connectivity index (χ2v) is 10.7. The summed E-state index contributed by atoms with van der Waals surface area (Å²) < 4.78 is 6.33. The van der Waals surface area contributed by atoms with E-state index in [1.54, 1.807) is 0 Å². The molecule has 0 aliphatic heterocycles. The van der Waals surface area contributed by atoms with Gasteiger partial charge in [-0.05, 0) is 86.9 Å². The van der Waals surface area contributed by atoms with Gasteiger partial charge in [0.1, 0.15) is 6.10 Å². The first-order valence-electron chi connectivity index (χ1n) is 10.0. The van der Waals surface area contributed by atoms with Gasteiger partial charge in [0.15, 0.2) is 0 Å². The van der Waals surface area contributed by atoms with Crippen molar-refractivity contribution in [2.75, 3.05) is 0 Å². The lowest BCUT2D eigenvalue weighted by Gasteiger charge is -2.55. The van der Waals surface area contributed by atoms with Crippen LogP contribution in [0.3, 0.4) is 0 Å². The summed E-state index contributed by atoms with van der Waals surface area (Å²) in [6, 6.07) is 0. The van der Waals surface area contributed by atoms with E-state index in [2.05, 4.69) is 20.8 Å². The monoisotopic (exact) mass is 316 g/mol. The smallest absolute Gasteiger partial charge is 0.312 e. The fourth-order valence-electron chi connectivity index (χ4n) is 7.92. The van der Waals surface area contributed by atoms with Crippen molar-refractivity contribution in [1.82, 2.24) is 0 Å². The molecule has 6 rings (SSSR count). The van der Waals surface area contributed by atoms with E-state index >= 15 is 0 Å². The number of carbonyl (C=O) groups is 1. The van der Waals surface area contributed by atoms with Gasteiger partial charge in [0.25, 0.3) is 0 Å². The molecule has 0 amide bonds. The van der Waals surface area contributed by atoms with Crippen LogP contribution in [0.25, 0.3) is 0 Å². The third-order valence-corrected chi connectivity index (χ3v) is 9.43. The molecule has 3 atom stereocenters. The second kappa shape index (κ2) is 4.35. The molecule has 6 aliphatic rings. The molecule has 2 heteroatoms. The molecule has 128 valence electrons. The number of ether oxygens (including phenoxy) is 1. The van der Waals surface area contributed by atoms with Crippen molar-refractivity contribution in [3.63, 3.8) is 0 Å².